The van der Waals surface area contributed by atoms with E-state index in [4.69, 9.17) is 10.5 Å². The molecule has 4 heteroatoms. The van der Waals surface area contributed by atoms with Gasteiger partial charge < -0.3 is 10.5 Å². The van der Waals surface area contributed by atoms with Crippen molar-refractivity contribution in [1.82, 2.24) is 9.78 Å². The lowest BCUT2D eigenvalue weighted by atomic mass is 9.87. The molecule has 0 radical (unpaired) electrons. The van der Waals surface area contributed by atoms with Gasteiger partial charge in [0.25, 0.3) is 0 Å². The standard InChI is InChI=1S/C17H25N3O/c1-6-8-14-15(18)16(20(5)19-14)21-13-10-7-9-12(11-13)17(2,3)4/h7,9-11H,6,8,18H2,1-5H3. The molecule has 0 saturated heterocycles. The van der Waals surface area contributed by atoms with Gasteiger partial charge in [-0.3, -0.25) is 0 Å². The minimum Gasteiger partial charge on any atom is -0.437 e. The van der Waals surface area contributed by atoms with Gasteiger partial charge in [0.15, 0.2) is 0 Å². The zero-order chi connectivity index (χ0) is 15.6. The summed E-state index contributed by atoms with van der Waals surface area (Å²) < 4.78 is 7.69. The van der Waals surface area contributed by atoms with Gasteiger partial charge in [0.2, 0.25) is 5.88 Å². The largest absolute Gasteiger partial charge is 0.437 e. The summed E-state index contributed by atoms with van der Waals surface area (Å²) >= 11 is 0. The van der Waals surface area contributed by atoms with E-state index in [1.807, 2.05) is 19.2 Å². The molecule has 0 amide bonds. The highest BCUT2D eigenvalue weighted by atomic mass is 16.5. The van der Waals surface area contributed by atoms with E-state index in [0.29, 0.717) is 11.6 Å². The van der Waals surface area contributed by atoms with Gasteiger partial charge in [-0.25, -0.2) is 4.68 Å². The number of ether oxygens (including phenoxy) is 1. The van der Waals surface area contributed by atoms with E-state index in [1.165, 1.54) is 5.56 Å². The van der Waals surface area contributed by atoms with Crippen LogP contribution in [0.1, 0.15) is 45.4 Å². The van der Waals surface area contributed by atoms with Crippen LogP contribution in [0.3, 0.4) is 0 Å². The lowest BCUT2D eigenvalue weighted by Crippen LogP contribution is -2.10. The number of hydrogen-bond donors (Lipinski definition) is 1. The van der Waals surface area contributed by atoms with E-state index in [-0.39, 0.29) is 5.41 Å². The van der Waals surface area contributed by atoms with Crippen molar-refractivity contribution in [3.05, 3.63) is 35.5 Å². The average Bonchev–Trinajstić information content (AvgIpc) is 2.66. The summed E-state index contributed by atoms with van der Waals surface area (Å²) in [6.45, 7) is 8.67. The normalized spacial score (nSPS) is 11.7. The van der Waals surface area contributed by atoms with Gasteiger partial charge in [0.1, 0.15) is 11.4 Å². The van der Waals surface area contributed by atoms with Gasteiger partial charge >= 0.3 is 0 Å². The summed E-state index contributed by atoms with van der Waals surface area (Å²) in [6, 6.07) is 8.13. The number of nitrogen functional groups attached to an aromatic ring is 1. The molecule has 114 valence electrons. The topological polar surface area (TPSA) is 53.1 Å². The van der Waals surface area contributed by atoms with E-state index in [1.54, 1.807) is 4.68 Å². The van der Waals surface area contributed by atoms with Crippen molar-refractivity contribution in [2.75, 3.05) is 5.73 Å². The first-order valence-electron chi connectivity index (χ1n) is 7.42. The Bertz CT molecular complexity index is 623. The first-order chi connectivity index (χ1) is 9.82. The molecule has 0 aliphatic rings. The van der Waals surface area contributed by atoms with E-state index in [9.17, 15) is 0 Å². The van der Waals surface area contributed by atoms with Crippen molar-refractivity contribution in [2.45, 2.75) is 46.0 Å². The SMILES string of the molecule is CCCc1nn(C)c(Oc2cccc(C(C)(C)C)c2)c1N. The molecule has 0 fully saturated rings. The molecule has 2 rings (SSSR count). The van der Waals surface area contributed by atoms with Crippen molar-refractivity contribution in [2.24, 2.45) is 7.05 Å². The van der Waals surface area contributed by atoms with Gasteiger partial charge in [-0.2, -0.15) is 5.10 Å². The lowest BCUT2D eigenvalue weighted by molar-refractivity contribution is 0.430. The number of aromatic nitrogens is 2. The van der Waals surface area contributed by atoms with Crippen LogP contribution in [0.4, 0.5) is 5.69 Å². The maximum Gasteiger partial charge on any atom is 0.241 e. The van der Waals surface area contributed by atoms with Crippen LogP contribution in [0.15, 0.2) is 24.3 Å². The van der Waals surface area contributed by atoms with Crippen LogP contribution >= 0.6 is 0 Å². The summed E-state index contributed by atoms with van der Waals surface area (Å²) in [4.78, 5) is 0. The van der Waals surface area contributed by atoms with Crippen LogP contribution in [0.5, 0.6) is 11.6 Å². The molecule has 1 heterocycles. The molecule has 0 saturated carbocycles. The predicted molar refractivity (Wildman–Crippen MR) is 86.8 cm³/mol. The smallest absolute Gasteiger partial charge is 0.241 e. The highest BCUT2D eigenvalue weighted by molar-refractivity contribution is 5.54. The molecule has 0 aliphatic heterocycles. The van der Waals surface area contributed by atoms with Crippen LogP contribution < -0.4 is 10.5 Å². The van der Waals surface area contributed by atoms with Crippen LogP contribution in [-0.4, -0.2) is 9.78 Å². The minimum atomic E-state index is 0.0880. The Balaban J connectivity index is 2.30. The third-order valence-corrected chi connectivity index (χ3v) is 3.51. The second-order valence-electron chi connectivity index (χ2n) is 6.42. The summed E-state index contributed by atoms with van der Waals surface area (Å²) in [5, 5.41) is 4.43. The molecule has 21 heavy (non-hydrogen) atoms. The average molecular weight is 287 g/mol. The molecule has 2 aromatic rings. The Morgan fingerprint density at radius 3 is 2.62 bits per heavy atom. The van der Waals surface area contributed by atoms with Crippen molar-refractivity contribution in [1.29, 1.82) is 0 Å². The van der Waals surface area contributed by atoms with Crippen LogP contribution in [0.25, 0.3) is 0 Å². The van der Waals surface area contributed by atoms with Gasteiger partial charge in [0, 0.05) is 7.05 Å². The Hall–Kier alpha value is -1.97. The quantitative estimate of drug-likeness (QED) is 0.923. The maximum atomic E-state index is 6.15. The van der Waals surface area contributed by atoms with Crippen molar-refractivity contribution in [3.8, 4) is 11.6 Å². The van der Waals surface area contributed by atoms with Crippen molar-refractivity contribution >= 4 is 5.69 Å². The van der Waals surface area contributed by atoms with Crippen LogP contribution in [0, 0.1) is 0 Å². The van der Waals surface area contributed by atoms with Gasteiger partial charge in [-0.05, 0) is 29.5 Å². The Labute approximate surface area is 126 Å². The fraction of sp³-hybridized carbons (Fsp3) is 0.471. The van der Waals surface area contributed by atoms with E-state index >= 15 is 0 Å². The molecule has 0 spiro atoms. The minimum absolute atomic E-state index is 0.0880. The molecule has 1 aromatic heterocycles. The summed E-state index contributed by atoms with van der Waals surface area (Å²) in [6.07, 6.45) is 1.88. The van der Waals surface area contributed by atoms with Gasteiger partial charge in [-0.1, -0.05) is 46.2 Å². The molecule has 4 nitrogen and oxygen atoms in total. The Kier molecular flexibility index (Phi) is 4.26. The third-order valence-electron chi connectivity index (χ3n) is 3.51. The van der Waals surface area contributed by atoms with E-state index in [0.717, 1.165) is 24.3 Å². The molecule has 2 N–H and O–H groups in total. The van der Waals surface area contributed by atoms with Crippen molar-refractivity contribution in [3.63, 3.8) is 0 Å². The molecule has 1 aromatic carbocycles. The second kappa shape index (κ2) is 5.80. The highest BCUT2D eigenvalue weighted by Gasteiger charge is 2.17. The predicted octanol–water partition coefficient (Wildman–Crippen LogP) is 4.04. The number of nitrogens with two attached hydrogens (primary N) is 1. The number of rotatable bonds is 4. The monoisotopic (exact) mass is 287 g/mol. The van der Waals surface area contributed by atoms with E-state index < -0.39 is 0 Å². The summed E-state index contributed by atoms with van der Waals surface area (Å²) in [5.74, 6) is 1.41. The molecular weight excluding hydrogens is 262 g/mol. The highest BCUT2D eigenvalue weighted by Crippen LogP contribution is 2.32. The summed E-state index contributed by atoms with van der Waals surface area (Å²) in [7, 11) is 1.86. The zero-order valence-corrected chi connectivity index (χ0v) is 13.6. The van der Waals surface area contributed by atoms with Gasteiger partial charge in [0.05, 0.1) is 5.69 Å². The molecular formula is C17H25N3O. The first kappa shape index (κ1) is 15.4. The maximum absolute atomic E-state index is 6.15. The zero-order valence-electron chi connectivity index (χ0n) is 13.6. The molecule has 0 atom stereocenters. The van der Waals surface area contributed by atoms with Gasteiger partial charge in [-0.15, -0.1) is 0 Å². The van der Waals surface area contributed by atoms with Crippen LogP contribution in [0.2, 0.25) is 0 Å². The molecule has 0 aliphatic carbocycles. The fourth-order valence-electron chi connectivity index (χ4n) is 2.26. The number of hydrogen-bond acceptors (Lipinski definition) is 3. The van der Waals surface area contributed by atoms with Crippen LogP contribution in [-0.2, 0) is 18.9 Å². The van der Waals surface area contributed by atoms with E-state index in [2.05, 4.69) is 44.9 Å². The lowest BCUT2D eigenvalue weighted by Gasteiger charge is -2.19. The van der Waals surface area contributed by atoms with Crippen molar-refractivity contribution < 1.29 is 4.74 Å². The number of benzene rings is 1. The second-order valence-corrected chi connectivity index (χ2v) is 6.42. The Morgan fingerprint density at radius 2 is 2.00 bits per heavy atom. The molecule has 0 unspecified atom stereocenters. The summed E-state index contributed by atoms with van der Waals surface area (Å²) in [5.41, 5.74) is 9.02. The number of nitrogens with zero attached hydrogens (tertiary/aromatic N) is 2. The number of anilines is 1. The Morgan fingerprint density at radius 1 is 1.29 bits per heavy atom. The first-order valence-corrected chi connectivity index (χ1v) is 7.42. The number of aryl methyl sites for hydroxylation is 2. The third kappa shape index (κ3) is 3.38. The molecule has 0 bridgehead atoms. The fourth-order valence-corrected chi connectivity index (χ4v) is 2.26.